The number of hydrogen-bond donors (Lipinski definition) is 2. The third kappa shape index (κ3) is 6.85. The van der Waals surface area contributed by atoms with Gasteiger partial charge in [0.1, 0.15) is 12.4 Å². The van der Waals surface area contributed by atoms with Gasteiger partial charge in [-0.3, -0.25) is 9.78 Å². The van der Waals surface area contributed by atoms with Crippen molar-refractivity contribution in [2.24, 2.45) is 11.7 Å². The second kappa shape index (κ2) is 11.3. The number of anilines is 1. The standard InChI is InChI=1S/C19H22ClN3O2.2ClH/c20-17-10-16(23-19(24)14-4-1-5-15(21)9-14)6-7-18(17)25-12-13-3-2-8-22-11-13;;/h2-3,6-8,10-11,14-15H,1,4-5,9,12,21H2,(H,23,24);2*1H. The first-order valence-electron chi connectivity index (χ1n) is 8.49. The van der Waals surface area contributed by atoms with Crippen LogP contribution in [0.2, 0.25) is 5.02 Å². The Kier molecular flexibility index (Phi) is 9.88. The lowest BCUT2D eigenvalue weighted by Crippen LogP contribution is -2.34. The van der Waals surface area contributed by atoms with Crippen molar-refractivity contribution in [3.63, 3.8) is 0 Å². The highest BCUT2D eigenvalue weighted by atomic mass is 35.5. The fourth-order valence-corrected chi connectivity index (χ4v) is 3.29. The molecular weight excluding hydrogens is 409 g/mol. The first-order chi connectivity index (χ1) is 12.1. The van der Waals surface area contributed by atoms with Gasteiger partial charge in [-0.15, -0.1) is 24.8 Å². The van der Waals surface area contributed by atoms with Crippen LogP contribution in [-0.2, 0) is 11.4 Å². The van der Waals surface area contributed by atoms with Crippen LogP contribution in [0.4, 0.5) is 5.69 Å². The summed E-state index contributed by atoms with van der Waals surface area (Å²) >= 11 is 6.28. The second-order valence-corrected chi connectivity index (χ2v) is 6.82. The van der Waals surface area contributed by atoms with Gasteiger partial charge in [-0.2, -0.15) is 0 Å². The van der Waals surface area contributed by atoms with Gasteiger partial charge < -0.3 is 15.8 Å². The summed E-state index contributed by atoms with van der Waals surface area (Å²) in [7, 11) is 0. The quantitative estimate of drug-likeness (QED) is 0.723. The van der Waals surface area contributed by atoms with E-state index >= 15 is 0 Å². The van der Waals surface area contributed by atoms with Crippen molar-refractivity contribution >= 4 is 48.0 Å². The molecule has 3 N–H and O–H groups in total. The molecule has 1 aromatic carbocycles. The fourth-order valence-electron chi connectivity index (χ4n) is 3.05. The maximum absolute atomic E-state index is 12.4. The average Bonchev–Trinajstić information content (AvgIpc) is 2.62. The maximum Gasteiger partial charge on any atom is 0.227 e. The smallest absolute Gasteiger partial charge is 0.227 e. The molecule has 0 radical (unpaired) electrons. The lowest BCUT2D eigenvalue weighted by Gasteiger charge is -2.25. The number of benzene rings is 1. The Hall–Kier alpha value is -1.53. The number of nitrogens with two attached hydrogens (primary N) is 1. The monoisotopic (exact) mass is 431 g/mol. The van der Waals surface area contributed by atoms with Gasteiger partial charge in [-0.1, -0.05) is 24.1 Å². The summed E-state index contributed by atoms with van der Waals surface area (Å²) in [4.78, 5) is 16.4. The highest BCUT2D eigenvalue weighted by molar-refractivity contribution is 6.32. The molecule has 1 aromatic heterocycles. The van der Waals surface area contributed by atoms with Gasteiger partial charge in [0.15, 0.2) is 0 Å². The van der Waals surface area contributed by atoms with Gasteiger partial charge in [0.2, 0.25) is 5.91 Å². The minimum atomic E-state index is -0.0240. The Morgan fingerprint density at radius 3 is 2.78 bits per heavy atom. The Labute approximate surface area is 176 Å². The molecule has 0 aliphatic heterocycles. The van der Waals surface area contributed by atoms with E-state index in [0.717, 1.165) is 31.2 Å². The molecule has 0 bridgehead atoms. The molecule has 27 heavy (non-hydrogen) atoms. The Morgan fingerprint density at radius 1 is 1.30 bits per heavy atom. The molecule has 0 spiro atoms. The number of amides is 1. The van der Waals surface area contributed by atoms with Gasteiger partial charge in [0.25, 0.3) is 0 Å². The van der Waals surface area contributed by atoms with E-state index in [0.29, 0.717) is 23.1 Å². The van der Waals surface area contributed by atoms with Crippen LogP contribution in [0.3, 0.4) is 0 Å². The predicted molar refractivity (Wildman–Crippen MR) is 113 cm³/mol. The summed E-state index contributed by atoms with van der Waals surface area (Å²) in [6.45, 7) is 0.388. The number of pyridine rings is 1. The van der Waals surface area contributed by atoms with E-state index in [9.17, 15) is 4.79 Å². The number of carbonyl (C=O) groups excluding carboxylic acids is 1. The molecule has 1 fully saturated rings. The van der Waals surface area contributed by atoms with Crippen molar-refractivity contribution < 1.29 is 9.53 Å². The average molecular weight is 433 g/mol. The lowest BCUT2D eigenvalue weighted by molar-refractivity contribution is -0.120. The van der Waals surface area contributed by atoms with Gasteiger partial charge in [0.05, 0.1) is 5.02 Å². The molecule has 8 heteroatoms. The van der Waals surface area contributed by atoms with Crippen molar-refractivity contribution in [1.29, 1.82) is 0 Å². The molecule has 0 saturated heterocycles. The SMILES string of the molecule is Cl.Cl.NC1CCCC(C(=O)Nc2ccc(OCc3cccnc3)c(Cl)c2)C1. The molecule has 148 valence electrons. The van der Waals surface area contributed by atoms with Crippen LogP contribution < -0.4 is 15.8 Å². The molecule has 2 atom stereocenters. The molecule has 2 unspecified atom stereocenters. The normalized spacial score (nSPS) is 18.6. The van der Waals surface area contributed by atoms with Gasteiger partial charge in [-0.05, 0) is 43.5 Å². The van der Waals surface area contributed by atoms with Crippen LogP contribution in [0, 0.1) is 5.92 Å². The van der Waals surface area contributed by atoms with Crippen molar-refractivity contribution in [1.82, 2.24) is 4.98 Å². The Morgan fingerprint density at radius 2 is 2.11 bits per heavy atom. The van der Waals surface area contributed by atoms with Crippen molar-refractivity contribution in [3.05, 3.63) is 53.3 Å². The third-order valence-electron chi connectivity index (χ3n) is 4.40. The largest absolute Gasteiger partial charge is 0.487 e. The summed E-state index contributed by atoms with van der Waals surface area (Å²) in [6, 6.07) is 9.18. The van der Waals surface area contributed by atoms with E-state index in [2.05, 4.69) is 10.3 Å². The maximum atomic E-state index is 12.4. The summed E-state index contributed by atoms with van der Waals surface area (Å²) in [6.07, 6.45) is 7.09. The van der Waals surface area contributed by atoms with Gasteiger partial charge in [-0.25, -0.2) is 0 Å². The predicted octanol–water partition coefficient (Wildman–Crippen LogP) is 4.61. The van der Waals surface area contributed by atoms with Gasteiger partial charge >= 0.3 is 0 Å². The minimum Gasteiger partial charge on any atom is -0.487 e. The number of carbonyl (C=O) groups is 1. The van der Waals surface area contributed by atoms with Crippen LogP contribution >= 0.6 is 36.4 Å². The van der Waals surface area contributed by atoms with Crippen molar-refractivity contribution in [2.75, 3.05) is 5.32 Å². The van der Waals surface area contributed by atoms with Crippen LogP contribution in [0.1, 0.15) is 31.2 Å². The minimum absolute atomic E-state index is 0. The summed E-state index contributed by atoms with van der Waals surface area (Å²) < 4.78 is 5.71. The van der Waals surface area contributed by atoms with E-state index in [4.69, 9.17) is 22.1 Å². The zero-order chi connectivity index (χ0) is 17.6. The number of nitrogens with one attached hydrogen (secondary N) is 1. The zero-order valence-corrected chi connectivity index (χ0v) is 17.2. The molecule has 1 amide bonds. The molecular formula is C19H24Cl3N3O2. The van der Waals surface area contributed by atoms with Crippen LogP contribution in [0.15, 0.2) is 42.7 Å². The number of halogens is 3. The zero-order valence-electron chi connectivity index (χ0n) is 14.8. The fraction of sp³-hybridized carbons (Fsp3) is 0.368. The molecule has 1 heterocycles. The molecule has 5 nitrogen and oxygen atoms in total. The number of rotatable bonds is 5. The second-order valence-electron chi connectivity index (χ2n) is 6.41. The number of ether oxygens (including phenoxy) is 1. The first kappa shape index (κ1) is 23.5. The molecule has 2 aromatic rings. The van der Waals surface area contributed by atoms with Gasteiger partial charge in [0, 0.05) is 35.6 Å². The first-order valence-corrected chi connectivity index (χ1v) is 8.87. The third-order valence-corrected chi connectivity index (χ3v) is 4.70. The molecule has 3 rings (SSSR count). The summed E-state index contributed by atoms with van der Waals surface area (Å²) in [5, 5.41) is 3.39. The molecule has 1 aliphatic rings. The molecule has 1 saturated carbocycles. The van der Waals surface area contributed by atoms with E-state index in [1.807, 2.05) is 12.1 Å². The highest BCUT2D eigenvalue weighted by Crippen LogP contribution is 2.30. The van der Waals surface area contributed by atoms with Crippen LogP contribution in [0.25, 0.3) is 0 Å². The van der Waals surface area contributed by atoms with Crippen LogP contribution in [0.5, 0.6) is 5.75 Å². The summed E-state index contributed by atoms with van der Waals surface area (Å²) in [5.74, 6) is 0.558. The number of aromatic nitrogens is 1. The Bertz CT molecular complexity index is 731. The lowest BCUT2D eigenvalue weighted by atomic mass is 9.85. The van der Waals surface area contributed by atoms with Crippen LogP contribution in [-0.4, -0.2) is 16.9 Å². The van der Waals surface area contributed by atoms with E-state index in [-0.39, 0.29) is 42.7 Å². The highest BCUT2D eigenvalue weighted by Gasteiger charge is 2.25. The number of nitrogens with zero attached hydrogens (tertiary/aromatic N) is 1. The van der Waals surface area contributed by atoms with E-state index < -0.39 is 0 Å². The number of hydrogen-bond acceptors (Lipinski definition) is 4. The molecule has 1 aliphatic carbocycles. The summed E-state index contributed by atoms with van der Waals surface area (Å²) in [5.41, 5.74) is 7.59. The topological polar surface area (TPSA) is 77.2 Å². The van der Waals surface area contributed by atoms with Crippen molar-refractivity contribution in [3.8, 4) is 5.75 Å². The van der Waals surface area contributed by atoms with Crippen molar-refractivity contribution in [2.45, 2.75) is 38.3 Å². The van der Waals surface area contributed by atoms with E-state index in [1.54, 1.807) is 30.6 Å². The Balaban J connectivity index is 0.00000182. The van der Waals surface area contributed by atoms with E-state index in [1.165, 1.54) is 0 Å².